The highest BCUT2D eigenvalue weighted by molar-refractivity contribution is 5.19. The van der Waals surface area contributed by atoms with Crippen LogP contribution < -0.4 is 5.73 Å². The molecule has 0 bridgehead atoms. The summed E-state index contributed by atoms with van der Waals surface area (Å²) in [4.78, 5) is 8.66. The molecule has 1 aliphatic rings. The predicted octanol–water partition coefficient (Wildman–Crippen LogP) is 1.43. The lowest BCUT2D eigenvalue weighted by Gasteiger charge is -2.05. The number of aromatic nitrogens is 4. The third-order valence-corrected chi connectivity index (χ3v) is 3.06. The maximum Gasteiger partial charge on any atom is 0.250 e. The zero-order valence-corrected chi connectivity index (χ0v) is 10.5. The van der Waals surface area contributed by atoms with E-state index in [4.69, 9.17) is 5.73 Å². The minimum Gasteiger partial charge on any atom is -0.328 e. The average Bonchev–Trinajstić information content (AvgIpc) is 3.08. The fraction of sp³-hybridized carbons (Fsp3) is 0.462. The van der Waals surface area contributed by atoms with E-state index in [1.165, 1.54) is 12.8 Å². The summed E-state index contributed by atoms with van der Waals surface area (Å²) in [7, 11) is 0. The molecule has 3 rings (SSSR count). The standard InChI is InChI=1S/C13H17N5/c1-9(14)6-10-7-15-13(16-8-10)18-5-4-12(17-18)11-2-3-11/h4-5,7-9,11H,2-3,6,14H2,1H3. The molecule has 94 valence electrons. The van der Waals surface area contributed by atoms with Gasteiger partial charge in [-0.1, -0.05) is 0 Å². The molecule has 2 aromatic heterocycles. The van der Waals surface area contributed by atoms with Gasteiger partial charge in [0.25, 0.3) is 0 Å². The second-order valence-corrected chi connectivity index (χ2v) is 5.03. The van der Waals surface area contributed by atoms with E-state index >= 15 is 0 Å². The Kier molecular flexibility index (Phi) is 2.83. The normalized spacial score (nSPS) is 16.8. The van der Waals surface area contributed by atoms with E-state index in [0.29, 0.717) is 11.9 Å². The topological polar surface area (TPSA) is 69.6 Å². The number of hydrogen-bond donors (Lipinski definition) is 1. The quantitative estimate of drug-likeness (QED) is 0.882. The molecular weight excluding hydrogens is 226 g/mol. The van der Waals surface area contributed by atoms with Gasteiger partial charge in [0, 0.05) is 30.6 Å². The fourth-order valence-electron chi connectivity index (χ4n) is 1.99. The van der Waals surface area contributed by atoms with E-state index in [-0.39, 0.29) is 6.04 Å². The smallest absolute Gasteiger partial charge is 0.250 e. The monoisotopic (exact) mass is 243 g/mol. The second-order valence-electron chi connectivity index (χ2n) is 5.03. The van der Waals surface area contributed by atoms with Gasteiger partial charge in [-0.3, -0.25) is 0 Å². The molecule has 2 N–H and O–H groups in total. The zero-order chi connectivity index (χ0) is 12.5. The van der Waals surface area contributed by atoms with Gasteiger partial charge in [-0.2, -0.15) is 5.10 Å². The highest BCUT2D eigenvalue weighted by Crippen LogP contribution is 2.38. The van der Waals surface area contributed by atoms with Crippen LogP contribution in [0.1, 0.15) is 36.9 Å². The Morgan fingerprint density at radius 1 is 1.39 bits per heavy atom. The fourth-order valence-corrected chi connectivity index (χ4v) is 1.99. The lowest BCUT2D eigenvalue weighted by atomic mass is 10.1. The highest BCUT2D eigenvalue weighted by Gasteiger charge is 2.26. The molecule has 0 aliphatic heterocycles. The average molecular weight is 243 g/mol. The molecule has 1 atom stereocenters. The Hall–Kier alpha value is -1.75. The molecule has 0 aromatic carbocycles. The molecule has 18 heavy (non-hydrogen) atoms. The lowest BCUT2D eigenvalue weighted by molar-refractivity contribution is 0.724. The van der Waals surface area contributed by atoms with Crippen LogP contribution in [0.15, 0.2) is 24.7 Å². The summed E-state index contributed by atoms with van der Waals surface area (Å²) < 4.78 is 1.74. The molecule has 1 aliphatic carbocycles. The minimum absolute atomic E-state index is 0.130. The van der Waals surface area contributed by atoms with Crippen molar-refractivity contribution in [1.29, 1.82) is 0 Å². The van der Waals surface area contributed by atoms with Crippen molar-refractivity contribution in [3.63, 3.8) is 0 Å². The van der Waals surface area contributed by atoms with Gasteiger partial charge in [0.1, 0.15) is 0 Å². The van der Waals surface area contributed by atoms with Crippen molar-refractivity contribution in [2.75, 3.05) is 0 Å². The third kappa shape index (κ3) is 2.41. The van der Waals surface area contributed by atoms with Gasteiger partial charge in [-0.25, -0.2) is 14.6 Å². The summed E-state index contributed by atoms with van der Waals surface area (Å²) in [5.74, 6) is 1.28. The summed E-state index contributed by atoms with van der Waals surface area (Å²) in [5, 5.41) is 4.50. The van der Waals surface area contributed by atoms with Crippen LogP contribution >= 0.6 is 0 Å². The zero-order valence-electron chi connectivity index (χ0n) is 10.5. The van der Waals surface area contributed by atoms with Gasteiger partial charge in [0.05, 0.1) is 5.69 Å². The van der Waals surface area contributed by atoms with Crippen LogP contribution in [-0.2, 0) is 6.42 Å². The van der Waals surface area contributed by atoms with Gasteiger partial charge >= 0.3 is 0 Å². The van der Waals surface area contributed by atoms with Crippen molar-refractivity contribution >= 4 is 0 Å². The Morgan fingerprint density at radius 2 is 2.11 bits per heavy atom. The van der Waals surface area contributed by atoms with Gasteiger partial charge in [-0.05, 0) is 37.8 Å². The lowest BCUT2D eigenvalue weighted by Crippen LogP contribution is -2.18. The van der Waals surface area contributed by atoms with Crippen molar-refractivity contribution in [3.05, 3.63) is 35.9 Å². The van der Waals surface area contributed by atoms with Crippen LogP contribution in [0.25, 0.3) is 5.95 Å². The summed E-state index contributed by atoms with van der Waals surface area (Å²) in [6, 6.07) is 2.18. The second kappa shape index (κ2) is 4.49. The van der Waals surface area contributed by atoms with Gasteiger partial charge in [-0.15, -0.1) is 0 Å². The number of hydrogen-bond acceptors (Lipinski definition) is 4. The molecule has 5 nitrogen and oxygen atoms in total. The Morgan fingerprint density at radius 3 is 2.72 bits per heavy atom. The molecular formula is C13H17N5. The molecule has 0 saturated heterocycles. The molecule has 0 amide bonds. The van der Waals surface area contributed by atoms with Crippen LogP contribution in [0, 0.1) is 0 Å². The molecule has 5 heteroatoms. The van der Waals surface area contributed by atoms with Crippen molar-refractivity contribution in [2.45, 2.75) is 38.1 Å². The number of rotatable bonds is 4. The predicted molar refractivity (Wildman–Crippen MR) is 68.5 cm³/mol. The summed E-state index contributed by atoms with van der Waals surface area (Å²) in [6.45, 7) is 1.98. The Bertz CT molecular complexity index is 525. The van der Waals surface area contributed by atoms with Gasteiger partial charge in [0.15, 0.2) is 0 Å². The minimum atomic E-state index is 0.130. The summed E-state index contributed by atoms with van der Waals surface area (Å²) in [5.41, 5.74) is 7.95. The summed E-state index contributed by atoms with van der Waals surface area (Å²) in [6.07, 6.45) is 8.88. The van der Waals surface area contributed by atoms with Crippen LogP contribution in [-0.4, -0.2) is 25.8 Å². The van der Waals surface area contributed by atoms with Crippen molar-refractivity contribution < 1.29 is 0 Å². The highest BCUT2D eigenvalue weighted by atomic mass is 15.3. The number of nitrogens with two attached hydrogens (primary N) is 1. The number of nitrogens with zero attached hydrogens (tertiary/aromatic N) is 4. The Labute approximate surface area is 106 Å². The largest absolute Gasteiger partial charge is 0.328 e. The molecule has 2 aromatic rings. The molecule has 2 heterocycles. The van der Waals surface area contributed by atoms with Crippen LogP contribution in [0.5, 0.6) is 0 Å². The van der Waals surface area contributed by atoms with Crippen LogP contribution in [0.4, 0.5) is 0 Å². The molecule has 0 radical (unpaired) electrons. The SMILES string of the molecule is CC(N)Cc1cnc(-n2ccc(C3CC3)n2)nc1. The van der Waals surface area contributed by atoms with E-state index in [1.54, 1.807) is 4.68 Å². The molecule has 0 spiro atoms. The maximum absolute atomic E-state index is 5.74. The summed E-state index contributed by atoms with van der Waals surface area (Å²) >= 11 is 0. The van der Waals surface area contributed by atoms with Gasteiger partial charge < -0.3 is 5.73 Å². The first-order valence-electron chi connectivity index (χ1n) is 6.35. The maximum atomic E-state index is 5.74. The van der Waals surface area contributed by atoms with E-state index < -0.39 is 0 Å². The van der Waals surface area contributed by atoms with Crippen molar-refractivity contribution in [1.82, 2.24) is 19.7 Å². The van der Waals surface area contributed by atoms with Crippen LogP contribution in [0.3, 0.4) is 0 Å². The molecule has 1 unspecified atom stereocenters. The first-order valence-corrected chi connectivity index (χ1v) is 6.35. The van der Waals surface area contributed by atoms with Crippen molar-refractivity contribution in [3.8, 4) is 5.95 Å². The Balaban J connectivity index is 1.78. The third-order valence-electron chi connectivity index (χ3n) is 3.06. The molecule has 1 saturated carbocycles. The van der Waals surface area contributed by atoms with Gasteiger partial charge in [0.2, 0.25) is 5.95 Å². The van der Waals surface area contributed by atoms with Crippen molar-refractivity contribution in [2.24, 2.45) is 5.73 Å². The van der Waals surface area contributed by atoms with E-state index in [1.807, 2.05) is 25.5 Å². The first kappa shape index (κ1) is 11.3. The van der Waals surface area contributed by atoms with E-state index in [2.05, 4.69) is 21.1 Å². The molecule has 1 fully saturated rings. The van der Waals surface area contributed by atoms with E-state index in [0.717, 1.165) is 17.7 Å². The van der Waals surface area contributed by atoms with Crippen LogP contribution in [0.2, 0.25) is 0 Å². The van der Waals surface area contributed by atoms with E-state index in [9.17, 15) is 0 Å². The first-order chi connectivity index (χ1) is 8.72.